The van der Waals surface area contributed by atoms with Crippen LogP contribution in [0, 0.1) is 0 Å². The normalized spacial score (nSPS) is 27.5. The van der Waals surface area contributed by atoms with Gasteiger partial charge in [0, 0.05) is 24.6 Å². The lowest BCUT2D eigenvalue weighted by Crippen LogP contribution is -2.36. The van der Waals surface area contributed by atoms with Crippen molar-refractivity contribution in [2.45, 2.75) is 76.9 Å². The molecular formula is C17H29N5O. The van der Waals surface area contributed by atoms with E-state index in [4.69, 9.17) is 10.8 Å². The van der Waals surface area contributed by atoms with Crippen LogP contribution in [-0.2, 0) is 5.54 Å². The van der Waals surface area contributed by atoms with Crippen molar-refractivity contribution in [3.8, 4) is 0 Å². The van der Waals surface area contributed by atoms with E-state index < -0.39 is 0 Å². The minimum absolute atomic E-state index is 0.0698. The van der Waals surface area contributed by atoms with Gasteiger partial charge in [-0.2, -0.15) is 5.10 Å². The van der Waals surface area contributed by atoms with Crippen LogP contribution in [0.25, 0.3) is 0 Å². The van der Waals surface area contributed by atoms with E-state index in [1.165, 1.54) is 0 Å². The minimum atomic E-state index is -0.132. The summed E-state index contributed by atoms with van der Waals surface area (Å²) in [5, 5.41) is 7.80. The van der Waals surface area contributed by atoms with Crippen LogP contribution in [-0.4, -0.2) is 38.8 Å². The van der Waals surface area contributed by atoms with Crippen LogP contribution >= 0.6 is 0 Å². The van der Waals surface area contributed by atoms with Crippen molar-refractivity contribution < 1.29 is 4.79 Å². The van der Waals surface area contributed by atoms with Crippen molar-refractivity contribution in [2.75, 3.05) is 12.3 Å². The van der Waals surface area contributed by atoms with Crippen molar-refractivity contribution in [1.82, 2.24) is 20.0 Å². The van der Waals surface area contributed by atoms with Crippen molar-refractivity contribution >= 4 is 11.8 Å². The van der Waals surface area contributed by atoms with E-state index in [1.807, 2.05) is 15.6 Å². The highest BCUT2D eigenvalue weighted by atomic mass is 16.2. The van der Waals surface area contributed by atoms with Gasteiger partial charge in [-0.15, -0.1) is 0 Å². The maximum Gasteiger partial charge on any atom is 0.318 e. The average Bonchev–Trinajstić information content (AvgIpc) is 3.05. The van der Waals surface area contributed by atoms with Crippen molar-refractivity contribution in [3.63, 3.8) is 0 Å². The monoisotopic (exact) mass is 319 g/mol. The third-order valence-electron chi connectivity index (χ3n) is 4.93. The molecule has 6 nitrogen and oxygen atoms in total. The number of rotatable bonds is 2. The van der Waals surface area contributed by atoms with E-state index >= 15 is 0 Å². The molecule has 1 saturated carbocycles. The third kappa shape index (κ3) is 3.03. The zero-order valence-electron chi connectivity index (χ0n) is 14.9. The molecule has 128 valence electrons. The second-order valence-corrected chi connectivity index (χ2v) is 8.68. The Morgan fingerprint density at radius 3 is 2.57 bits per heavy atom. The van der Waals surface area contributed by atoms with Crippen molar-refractivity contribution in [2.24, 2.45) is 0 Å². The average molecular weight is 319 g/mol. The van der Waals surface area contributed by atoms with Crippen molar-refractivity contribution in [1.29, 1.82) is 0 Å². The SMILES string of the molecule is CC1(C)CN([C@@H]2CC[C@H](c3cc(N)n(C(C)(C)C)n3)C2)C(=O)N1. The molecule has 2 aliphatic rings. The molecule has 1 aliphatic heterocycles. The topological polar surface area (TPSA) is 76.2 Å². The van der Waals surface area contributed by atoms with Crippen LogP contribution in [0.3, 0.4) is 0 Å². The van der Waals surface area contributed by atoms with E-state index in [0.29, 0.717) is 12.0 Å². The van der Waals surface area contributed by atoms with Crippen LogP contribution in [0.4, 0.5) is 10.6 Å². The molecule has 1 aliphatic carbocycles. The Kier molecular flexibility index (Phi) is 3.61. The number of nitrogens with one attached hydrogen (secondary N) is 1. The van der Waals surface area contributed by atoms with E-state index in [1.54, 1.807) is 0 Å². The lowest BCUT2D eigenvalue weighted by atomic mass is 10.0. The fraction of sp³-hybridized carbons (Fsp3) is 0.765. The van der Waals surface area contributed by atoms with Gasteiger partial charge in [-0.3, -0.25) is 0 Å². The summed E-state index contributed by atoms with van der Waals surface area (Å²) in [6, 6.07) is 2.38. The molecule has 2 heterocycles. The molecule has 3 rings (SSSR count). The number of carbonyl (C=O) groups is 1. The number of anilines is 1. The third-order valence-corrected chi connectivity index (χ3v) is 4.93. The number of hydrogen-bond donors (Lipinski definition) is 2. The number of nitrogen functional groups attached to an aromatic ring is 1. The summed E-state index contributed by atoms with van der Waals surface area (Å²) in [5.74, 6) is 1.11. The number of aromatic nitrogens is 2. The largest absolute Gasteiger partial charge is 0.384 e. The highest BCUT2D eigenvalue weighted by molar-refractivity contribution is 5.78. The van der Waals surface area contributed by atoms with Gasteiger partial charge in [0.05, 0.1) is 16.8 Å². The zero-order chi connectivity index (χ0) is 17.0. The molecule has 2 atom stereocenters. The summed E-state index contributed by atoms with van der Waals surface area (Å²) in [6.45, 7) is 11.2. The van der Waals surface area contributed by atoms with Crippen LogP contribution in [0.15, 0.2) is 6.07 Å². The molecule has 6 heteroatoms. The molecule has 1 saturated heterocycles. The number of nitrogens with two attached hydrogens (primary N) is 1. The number of carbonyl (C=O) groups excluding carboxylic acids is 1. The standard InChI is InChI=1S/C17H29N5O/c1-16(2,3)22-14(18)9-13(20-22)11-6-7-12(8-11)21-10-17(4,5)19-15(21)23/h9,11-12H,6-8,10,18H2,1-5H3,(H,19,23)/t11-,12+/m0/s1. The Balaban J connectivity index is 1.72. The van der Waals surface area contributed by atoms with Gasteiger partial charge in [0.2, 0.25) is 0 Å². The zero-order valence-corrected chi connectivity index (χ0v) is 14.9. The Morgan fingerprint density at radius 2 is 2.04 bits per heavy atom. The summed E-state index contributed by atoms with van der Waals surface area (Å²) >= 11 is 0. The fourth-order valence-corrected chi connectivity index (χ4v) is 3.85. The molecule has 23 heavy (non-hydrogen) atoms. The molecule has 1 aromatic heterocycles. The number of amides is 2. The molecular weight excluding hydrogens is 290 g/mol. The maximum atomic E-state index is 12.2. The van der Waals surface area contributed by atoms with E-state index in [2.05, 4.69) is 39.9 Å². The van der Waals surface area contributed by atoms with Gasteiger partial charge in [0.25, 0.3) is 0 Å². The summed E-state index contributed by atoms with van der Waals surface area (Å²) in [5.41, 5.74) is 6.96. The Morgan fingerprint density at radius 1 is 1.35 bits per heavy atom. The fourth-order valence-electron chi connectivity index (χ4n) is 3.85. The minimum Gasteiger partial charge on any atom is -0.384 e. The number of nitrogens with zero attached hydrogens (tertiary/aromatic N) is 3. The highest BCUT2D eigenvalue weighted by Crippen LogP contribution is 2.38. The molecule has 0 aromatic carbocycles. The van der Waals surface area contributed by atoms with Crippen molar-refractivity contribution in [3.05, 3.63) is 11.8 Å². The van der Waals surface area contributed by atoms with Crippen LogP contribution in [0.1, 0.15) is 65.5 Å². The summed E-state index contributed by atoms with van der Waals surface area (Å²) in [4.78, 5) is 14.2. The molecule has 0 unspecified atom stereocenters. The van der Waals surface area contributed by atoms with Gasteiger partial charge >= 0.3 is 6.03 Å². The van der Waals surface area contributed by atoms with E-state index in [9.17, 15) is 4.79 Å². The lowest BCUT2D eigenvalue weighted by Gasteiger charge is -2.24. The molecule has 1 aromatic rings. The highest BCUT2D eigenvalue weighted by Gasteiger charge is 2.41. The maximum absolute atomic E-state index is 12.2. The smallest absolute Gasteiger partial charge is 0.318 e. The van der Waals surface area contributed by atoms with Gasteiger partial charge in [-0.25, -0.2) is 9.48 Å². The molecule has 0 bridgehead atoms. The summed E-state index contributed by atoms with van der Waals surface area (Å²) in [7, 11) is 0. The molecule has 2 fully saturated rings. The predicted octanol–water partition coefficient (Wildman–Crippen LogP) is 2.66. The first kappa shape index (κ1) is 16.1. The first-order chi connectivity index (χ1) is 10.6. The summed E-state index contributed by atoms with van der Waals surface area (Å²) in [6.07, 6.45) is 3.08. The molecule has 0 spiro atoms. The van der Waals surface area contributed by atoms with Gasteiger partial charge in [0.15, 0.2) is 0 Å². The number of hydrogen-bond acceptors (Lipinski definition) is 3. The lowest BCUT2D eigenvalue weighted by molar-refractivity contribution is 0.197. The second-order valence-electron chi connectivity index (χ2n) is 8.68. The molecule has 0 radical (unpaired) electrons. The predicted molar refractivity (Wildman–Crippen MR) is 91.3 cm³/mol. The molecule has 2 amide bonds. The first-order valence-electron chi connectivity index (χ1n) is 8.51. The Hall–Kier alpha value is -1.72. The van der Waals surface area contributed by atoms with Crippen LogP contribution in [0.2, 0.25) is 0 Å². The van der Waals surface area contributed by atoms with Gasteiger partial charge in [-0.1, -0.05) is 0 Å². The van der Waals surface area contributed by atoms with Gasteiger partial charge < -0.3 is 16.0 Å². The Bertz CT molecular complexity index is 613. The van der Waals surface area contributed by atoms with E-state index in [-0.39, 0.29) is 17.1 Å². The van der Waals surface area contributed by atoms with E-state index in [0.717, 1.165) is 37.3 Å². The molecule has 3 N–H and O–H groups in total. The quantitative estimate of drug-likeness (QED) is 0.880. The van der Waals surface area contributed by atoms with Gasteiger partial charge in [-0.05, 0) is 53.9 Å². The second kappa shape index (κ2) is 5.14. The Labute approximate surface area is 138 Å². The van der Waals surface area contributed by atoms with Gasteiger partial charge in [0.1, 0.15) is 5.82 Å². The van der Waals surface area contributed by atoms with Crippen LogP contribution in [0.5, 0.6) is 0 Å². The summed E-state index contributed by atoms with van der Waals surface area (Å²) < 4.78 is 1.90. The number of urea groups is 1. The first-order valence-corrected chi connectivity index (χ1v) is 8.51. The van der Waals surface area contributed by atoms with Crippen LogP contribution < -0.4 is 11.1 Å².